The van der Waals surface area contributed by atoms with Crippen molar-refractivity contribution in [3.8, 4) is 0 Å². The summed E-state index contributed by atoms with van der Waals surface area (Å²) in [5.74, 6) is -2.42. The van der Waals surface area contributed by atoms with Crippen LogP contribution in [0, 0.1) is 5.92 Å². The average molecular weight is 341 g/mol. The van der Waals surface area contributed by atoms with E-state index in [1.807, 2.05) is 0 Å². The van der Waals surface area contributed by atoms with Crippen molar-refractivity contribution in [3.63, 3.8) is 0 Å². The lowest BCUT2D eigenvalue weighted by atomic mass is 9.97. The topological polar surface area (TPSA) is 75.4 Å². The van der Waals surface area contributed by atoms with Crippen molar-refractivity contribution in [2.24, 2.45) is 5.92 Å². The van der Waals surface area contributed by atoms with Gasteiger partial charge in [0, 0.05) is 19.2 Å². The number of fused-ring (bicyclic) bond motifs is 1. The van der Waals surface area contributed by atoms with Crippen molar-refractivity contribution in [3.05, 3.63) is 24.6 Å². The normalized spacial score (nSPS) is 18.9. The van der Waals surface area contributed by atoms with Gasteiger partial charge in [0.15, 0.2) is 0 Å². The molecule has 6 nitrogen and oxygen atoms in total. The molecule has 0 radical (unpaired) electrons. The van der Waals surface area contributed by atoms with E-state index in [-0.39, 0.29) is 18.7 Å². The molecule has 9 heteroatoms. The molecule has 1 N–H and O–H groups in total. The Morgan fingerprint density at radius 2 is 2.21 bits per heavy atom. The van der Waals surface area contributed by atoms with Crippen LogP contribution in [0.5, 0.6) is 0 Å². The highest BCUT2D eigenvalue weighted by atomic mass is 19.4. The number of alkyl halides is 3. The standard InChI is InChI=1S/C15H14F3N3O3/c16-15(17,18)9-1-2-13(23)21(7-9)8-12(22)20-14-10-4-6-24-11(10)3-5-19-14/h3-6,9H,1-2,7-8H2,(H,19,20,22). The Balaban J connectivity index is 1.67. The van der Waals surface area contributed by atoms with Gasteiger partial charge in [0.2, 0.25) is 11.8 Å². The van der Waals surface area contributed by atoms with Crippen LogP contribution in [-0.2, 0) is 9.59 Å². The van der Waals surface area contributed by atoms with Crippen molar-refractivity contribution >= 4 is 28.6 Å². The first kappa shape index (κ1) is 16.3. The summed E-state index contributed by atoms with van der Waals surface area (Å²) in [6.07, 6.45) is -1.96. The van der Waals surface area contributed by atoms with E-state index in [0.717, 1.165) is 4.90 Å². The van der Waals surface area contributed by atoms with Gasteiger partial charge in [0.1, 0.15) is 11.4 Å². The molecule has 2 aromatic heterocycles. The summed E-state index contributed by atoms with van der Waals surface area (Å²) in [5.41, 5.74) is 0.520. The molecule has 1 unspecified atom stereocenters. The fourth-order valence-corrected chi connectivity index (χ4v) is 2.67. The minimum absolute atomic E-state index is 0.215. The van der Waals surface area contributed by atoms with Gasteiger partial charge in [-0.2, -0.15) is 13.2 Å². The molecular formula is C15H14F3N3O3. The Hall–Kier alpha value is -2.58. The van der Waals surface area contributed by atoms with Crippen molar-refractivity contribution in [1.82, 2.24) is 9.88 Å². The van der Waals surface area contributed by atoms with Crippen molar-refractivity contribution in [2.45, 2.75) is 19.0 Å². The van der Waals surface area contributed by atoms with Gasteiger partial charge in [-0.3, -0.25) is 9.59 Å². The van der Waals surface area contributed by atoms with Crippen LogP contribution in [0.25, 0.3) is 11.0 Å². The van der Waals surface area contributed by atoms with Gasteiger partial charge in [-0.05, 0) is 18.6 Å². The zero-order chi connectivity index (χ0) is 17.3. The van der Waals surface area contributed by atoms with Crippen LogP contribution in [-0.4, -0.2) is 41.0 Å². The number of rotatable bonds is 3. The molecule has 1 atom stereocenters. The Bertz CT molecular complexity index is 772. The lowest BCUT2D eigenvalue weighted by Gasteiger charge is -2.33. The highest BCUT2D eigenvalue weighted by Gasteiger charge is 2.44. The number of halogens is 3. The molecule has 0 spiro atoms. The molecule has 1 aliphatic rings. The van der Waals surface area contributed by atoms with Crippen LogP contribution in [0.2, 0.25) is 0 Å². The SMILES string of the molecule is O=C(CN1CC(C(F)(F)F)CCC1=O)Nc1nccc2occc12. The predicted molar refractivity (Wildman–Crippen MR) is 78.0 cm³/mol. The van der Waals surface area contributed by atoms with E-state index in [9.17, 15) is 22.8 Å². The zero-order valence-corrected chi connectivity index (χ0v) is 12.5. The highest BCUT2D eigenvalue weighted by molar-refractivity contribution is 6.00. The number of pyridine rings is 1. The lowest BCUT2D eigenvalue weighted by molar-refractivity contribution is -0.189. The predicted octanol–water partition coefficient (Wildman–Crippen LogP) is 2.57. The number of carbonyl (C=O) groups excluding carboxylic acids is 2. The summed E-state index contributed by atoms with van der Waals surface area (Å²) >= 11 is 0. The maximum absolute atomic E-state index is 12.8. The molecule has 128 valence electrons. The minimum atomic E-state index is -4.38. The van der Waals surface area contributed by atoms with Crippen molar-refractivity contribution < 1.29 is 27.2 Å². The van der Waals surface area contributed by atoms with Gasteiger partial charge in [0.05, 0.1) is 24.1 Å². The number of aromatic nitrogens is 1. The van der Waals surface area contributed by atoms with Crippen molar-refractivity contribution in [2.75, 3.05) is 18.4 Å². The molecule has 0 saturated carbocycles. The molecular weight excluding hydrogens is 327 g/mol. The fraction of sp³-hybridized carbons (Fsp3) is 0.400. The van der Waals surface area contributed by atoms with Crippen LogP contribution in [0.3, 0.4) is 0 Å². The molecule has 2 amide bonds. The van der Waals surface area contributed by atoms with E-state index in [2.05, 4.69) is 10.3 Å². The number of nitrogens with one attached hydrogen (secondary N) is 1. The molecule has 1 aliphatic heterocycles. The fourth-order valence-electron chi connectivity index (χ4n) is 2.67. The maximum atomic E-state index is 12.8. The molecule has 1 fully saturated rings. The van der Waals surface area contributed by atoms with E-state index in [1.54, 1.807) is 12.1 Å². The molecule has 2 aromatic rings. The average Bonchev–Trinajstić information content (AvgIpc) is 2.98. The van der Waals surface area contributed by atoms with Crippen LogP contribution in [0.4, 0.5) is 19.0 Å². The quantitative estimate of drug-likeness (QED) is 0.931. The molecule has 3 rings (SSSR count). The monoisotopic (exact) mass is 341 g/mol. The van der Waals surface area contributed by atoms with E-state index >= 15 is 0 Å². The number of amides is 2. The summed E-state index contributed by atoms with van der Waals surface area (Å²) in [6, 6.07) is 3.23. The number of piperidine rings is 1. The summed E-state index contributed by atoms with van der Waals surface area (Å²) in [6.45, 7) is -0.944. The van der Waals surface area contributed by atoms with Crippen molar-refractivity contribution in [1.29, 1.82) is 0 Å². The van der Waals surface area contributed by atoms with Gasteiger partial charge in [-0.1, -0.05) is 0 Å². The number of anilines is 1. The maximum Gasteiger partial charge on any atom is 0.393 e. The molecule has 1 saturated heterocycles. The third-order valence-electron chi connectivity index (χ3n) is 3.94. The van der Waals surface area contributed by atoms with Gasteiger partial charge in [0.25, 0.3) is 0 Å². The molecule has 0 aliphatic carbocycles. The molecule has 0 aromatic carbocycles. The first-order valence-corrected chi connectivity index (χ1v) is 7.31. The number of hydrogen-bond donors (Lipinski definition) is 1. The van der Waals surface area contributed by atoms with Gasteiger partial charge in [-0.15, -0.1) is 0 Å². The second-order valence-corrected chi connectivity index (χ2v) is 5.59. The Labute approximate surface area is 134 Å². The largest absolute Gasteiger partial charge is 0.464 e. The summed E-state index contributed by atoms with van der Waals surface area (Å²) in [4.78, 5) is 28.8. The lowest BCUT2D eigenvalue weighted by Crippen LogP contribution is -2.47. The second-order valence-electron chi connectivity index (χ2n) is 5.59. The third-order valence-corrected chi connectivity index (χ3v) is 3.94. The molecule has 3 heterocycles. The summed E-state index contributed by atoms with van der Waals surface area (Å²) < 4.78 is 43.6. The smallest absolute Gasteiger partial charge is 0.393 e. The van der Waals surface area contributed by atoms with E-state index in [4.69, 9.17) is 4.42 Å². The van der Waals surface area contributed by atoms with Gasteiger partial charge >= 0.3 is 6.18 Å². The van der Waals surface area contributed by atoms with Gasteiger partial charge in [-0.25, -0.2) is 4.98 Å². The number of carbonyl (C=O) groups is 2. The number of likely N-dealkylation sites (tertiary alicyclic amines) is 1. The van der Waals surface area contributed by atoms with Gasteiger partial charge < -0.3 is 14.6 Å². The van der Waals surface area contributed by atoms with Crippen LogP contribution in [0.1, 0.15) is 12.8 Å². The van der Waals surface area contributed by atoms with E-state index < -0.39 is 37.0 Å². The van der Waals surface area contributed by atoms with Crippen LogP contribution >= 0.6 is 0 Å². The number of hydrogen-bond acceptors (Lipinski definition) is 4. The van der Waals surface area contributed by atoms with E-state index in [1.165, 1.54) is 12.5 Å². The number of furan rings is 1. The third kappa shape index (κ3) is 3.34. The van der Waals surface area contributed by atoms with E-state index in [0.29, 0.717) is 11.0 Å². The second kappa shape index (κ2) is 6.14. The highest BCUT2D eigenvalue weighted by Crippen LogP contribution is 2.33. The van der Waals surface area contributed by atoms with Crippen LogP contribution in [0.15, 0.2) is 29.0 Å². The summed E-state index contributed by atoms with van der Waals surface area (Å²) in [5, 5.41) is 3.08. The Kier molecular flexibility index (Phi) is 4.16. The first-order valence-electron chi connectivity index (χ1n) is 7.31. The molecule has 24 heavy (non-hydrogen) atoms. The molecule has 0 bridgehead atoms. The summed E-state index contributed by atoms with van der Waals surface area (Å²) in [7, 11) is 0. The first-order chi connectivity index (χ1) is 11.3. The Morgan fingerprint density at radius 1 is 1.42 bits per heavy atom. The number of nitrogens with zero attached hydrogens (tertiary/aromatic N) is 2. The minimum Gasteiger partial charge on any atom is -0.464 e. The zero-order valence-electron chi connectivity index (χ0n) is 12.5. The Morgan fingerprint density at radius 3 is 2.96 bits per heavy atom. The van der Waals surface area contributed by atoms with Crippen LogP contribution < -0.4 is 5.32 Å².